The van der Waals surface area contributed by atoms with Crippen molar-refractivity contribution in [1.82, 2.24) is 4.98 Å². The largest absolute Gasteiger partial charge is 0.260 e. The lowest BCUT2D eigenvalue weighted by Gasteiger charge is -2.08. The second kappa shape index (κ2) is 4.04. The molecule has 1 unspecified atom stereocenters. The van der Waals surface area contributed by atoms with Crippen LogP contribution in [-0.4, -0.2) is 4.98 Å². The minimum absolute atomic E-state index is 0.586. The fraction of sp³-hybridized carbons (Fsp3) is 0.444. The zero-order chi connectivity index (χ0) is 8.27. The second-order valence-electron chi connectivity index (χ2n) is 2.68. The smallest absolute Gasteiger partial charge is 0.0564 e. The van der Waals surface area contributed by atoms with Gasteiger partial charge in [-0.05, 0) is 47.1 Å². The number of hydrogen-bond donors (Lipinski definition) is 0. The molecule has 1 atom stereocenters. The Bertz CT molecular complexity index is 235. The molecule has 0 N–H and O–H groups in total. The summed E-state index contributed by atoms with van der Waals surface area (Å²) in [5.74, 6) is 0.586. The van der Waals surface area contributed by atoms with Crippen molar-refractivity contribution in [2.75, 3.05) is 0 Å². The molecule has 0 amide bonds. The molecule has 0 aliphatic heterocycles. The van der Waals surface area contributed by atoms with Gasteiger partial charge in [0.1, 0.15) is 0 Å². The van der Waals surface area contributed by atoms with Gasteiger partial charge in [0.2, 0.25) is 0 Å². The molecule has 0 bridgehead atoms. The molecule has 0 aromatic carbocycles. The van der Waals surface area contributed by atoms with Crippen LogP contribution in [0.25, 0.3) is 0 Å². The predicted octanol–water partition coefficient (Wildman–Crippen LogP) is 3.20. The second-order valence-corrected chi connectivity index (χ2v) is 3.84. The van der Waals surface area contributed by atoms with Crippen LogP contribution in [0.5, 0.6) is 0 Å². The van der Waals surface area contributed by atoms with E-state index in [2.05, 4.69) is 47.5 Å². The molecular weight excluding hydrogens is 249 g/mol. The van der Waals surface area contributed by atoms with E-state index in [4.69, 9.17) is 0 Å². The Hall–Kier alpha value is -0.120. The average molecular weight is 261 g/mol. The standard InChI is InChI=1S/C9H12IN/c1-3-7(2)9-8(10)5-4-6-11-9/h4-7H,3H2,1-2H3. The zero-order valence-corrected chi connectivity index (χ0v) is 9.00. The van der Waals surface area contributed by atoms with Crippen LogP contribution in [0.2, 0.25) is 0 Å². The normalized spacial score (nSPS) is 13.0. The molecule has 0 aliphatic rings. The molecule has 1 rings (SSSR count). The van der Waals surface area contributed by atoms with Crippen molar-refractivity contribution in [3.05, 3.63) is 27.6 Å². The molecule has 0 saturated heterocycles. The van der Waals surface area contributed by atoms with Gasteiger partial charge in [0.25, 0.3) is 0 Å². The van der Waals surface area contributed by atoms with Gasteiger partial charge >= 0.3 is 0 Å². The third kappa shape index (κ3) is 2.15. The van der Waals surface area contributed by atoms with Crippen molar-refractivity contribution in [3.8, 4) is 0 Å². The minimum atomic E-state index is 0.586. The molecule has 0 saturated carbocycles. The number of aromatic nitrogens is 1. The van der Waals surface area contributed by atoms with Crippen LogP contribution in [0.4, 0.5) is 0 Å². The van der Waals surface area contributed by atoms with Gasteiger partial charge in [0.15, 0.2) is 0 Å². The van der Waals surface area contributed by atoms with Crippen LogP contribution < -0.4 is 0 Å². The third-order valence-electron chi connectivity index (χ3n) is 1.87. The molecule has 1 heterocycles. The van der Waals surface area contributed by atoms with Gasteiger partial charge in [0, 0.05) is 9.77 Å². The summed E-state index contributed by atoms with van der Waals surface area (Å²) in [6, 6.07) is 4.09. The SMILES string of the molecule is CCC(C)c1ncccc1I. The van der Waals surface area contributed by atoms with Crippen LogP contribution in [-0.2, 0) is 0 Å². The topological polar surface area (TPSA) is 12.9 Å². The van der Waals surface area contributed by atoms with Crippen molar-refractivity contribution in [3.63, 3.8) is 0 Å². The summed E-state index contributed by atoms with van der Waals surface area (Å²) in [5, 5.41) is 0. The minimum Gasteiger partial charge on any atom is -0.260 e. The maximum Gasteiger partial charge on any atom is 0.0564 e. The first-order valence-corrected chi connectivity index (χ1v) is 4.94. The van der Waals surface area contributed by atoms with Crippen molar-refractivity contribution < 1.29 is 0 Å². The first-order valence-electron chi connectivity index (χ1n) is 3.86. The Morgan fingerprint density at radius 3 is 2.91 bits per heavy atom. The molecule has 1 aromatic heterocycles. The summed E-state index contributed by atoms with van der Waals surface area (Å²) in [6.07, 6.45) is 3.02. The van der Waals surface area contributed by atoms with E-state index in [0.717, 1.165) is 6.42 Å². The number of pyridine rings is 1. The van der Waals surface area contributed by atoms with Crippen molar-refractivity contribution in [1.29, 1.82) is 0 Å². The molecule has 1 nitrogen and oxygen atoms in total. The third-order valence-corrected chi connectivity index (χ3v) is 2.78. The van der Waals surface area contributed by atoms with Crippen LogP contribution in [0.3, 0.4) is 0 Å². The van der Waals surface area contributed by atoms with E-state index in [-0.39, 0.29) is 0 Å². The van der Waals surface area contributed by atoms with Crippen molar-refractivity contribution in [2.45, 2.75) is 26.2 Å². The average Bonchev–Trinajstić information content (AvgIpc) is 2.04. The lowest BCUT2D eigenvalue weighted by atomic mass is 10.1. The van der Waals surface area contributed by atoms with E-state index in [1.165, 1.54) is 9.26 Å². The number of nitrogens with zero attached hydrogens (tertiary/aromatic N) is 1. The fourth-order valence-electron chi connectivity index (χ4n) is 0.954. The molecular formula is C9H12IN. The summed E-state index contributed by atoms with van der Waals surface area (Å²) in [7, 11) is 0. The van der Waals surface area contributed by atoms with Gasteiger partial charge in [-0.25, -0.2) is 0 Å². The van der Waals surface area contributed by atoms with Crippen LogP contribution in [0, 0.1) is 3.57 Å². The summed E-state index contributed by atoms with van der Waals surface area (Å²) < 4.78 is 1.28. The molecule has 0 spiro atoms. The monoisotopic (exact) mass is 261 g/mol. The molecule has 60 valence electrons. The Balaban J connectivity index is 2.93. The van der Waals surface area contributed by atoms with E-state index in [1.807, 2.05) is 12.3 Å². The first kappa shape index (κ1) is 8.97. The zero-order valence-electron chi connectivity index (χ0n) is 6.84. The highest BCUT2D eigenvalue weighted by molar-refractivity contribution is 14.1. The van der Waals surface area contributed by atoms with Gasteiger partial charge in [0.05, 0.1) is 5.69 Å². The van der Waals surface area contributed by atoms with E-state index < -0.39 is 0 Å². The Labute approximate surface area is 81.4 Å². The van der Waals surface area contributed by atoms with Gasteiger partial charge in [-0.15, -0.1) is 0 Å². The van der Waals surface area contributed by atoms with E-state index in [9.17, 15) is 0 Å². The lowest BCUT2D eigenvalue weighted by Crippen LogP contribution is -1.97. The highest BCUT2D eigenvalue weighted by Gasteiger charge is 2.06. The predicted molar refractivity (Wildman–Crippen MR) is 55.7 cm³/mol. The number of hydrogen-bond acceptors (Lipinski definition) is 1. The maximum atomic E-state index is 4.34. The first-order chi connectivity index (χ1) is 5.25. The molecule has 2 heteroatoms. The Morgan fingerprint density at radius 2 is 2.36 bits per heavy atom. The van der Waals surface area contributed by atoms with E-state index >= 15 is 0 Å². The Kier molecular flexibility index (Phi) is 3.30. The quantitative estimate of drug-likeness (QED) is 0.745. The van der Waals surface area contributed by atoms with Gasteiger partial charge in [-0.1, -0.05) is 13.8 Å². The van der Waals surface area contributed by atoms with Crippen molar-refractivity contribution >= 4 is 22.6 Å². The maximum absolute atomic E-state index is 4.34. The highest BCUT2D eigenvalue weighted by Crippen LogP contribution is 2.20. The summed E-state index contributed by atoms with van der Waals surface area (Å²) >= 11 is 2.34. The molecule has 11 heavy (non-hydrogen) atoms. The van der Waals surface area contributed by atoms with Crippen molar-refractivity contribution in [2.24, 2.45) is 0 Å². The molecule has 0 fully saturated rings. The molecule has 0 aliphatic carbocycles. The van der Waals surface area contributed by atoms with Gasteiger partial charge in [-0.3, -0.25) is 4.98 Å². The fourth-order valence-corrected chi connectivity index (χ4v) is 1.83. The number of halogens is 1. The van der Waals surface area contributed by atoms with Crippen LogP contribution in [0.1, 0.15) is 31.9 Å². The molecule has 0 radical (unpaired) electrons. The van der Waals surface area contributed by atoms with E-state index in [1.54, 1.807) is 0 Å². The highest BCUT2D eigenvalue weighted by atomic mass is 127. The summed E-state index contributed by atoms with van der Waals surface area (Å²) in [5.41, 5.74) is 1.23. The van der Waals surface area contributed by atoms with Crippen LogP contribution >= 0.6 is 22.6 Å². The Morgan fingerprint density at radius 1 is 1.64 bits per heavy atom. The number of rotatable bonds is 2. The van der Waals surface area contributed by atoms with E-state index in [0.29, 0.717) is 5.92 Å². The summed E-state index contributed by atoms with van der Waals surface area (Å²) in [4.78, 5) is 4.34. The molecule has 1 aromatic rings. The van der Waals surface area contributed by atoms with Gasteiger partial charge in [-0.2, -0.15) is 0 Å². The summed E-state index contributed by atoms with van der Waals surface area (Å²) in [6.45, 7) is 4.40. The lowest BCUT2D eigenvalue weighted by molar-refractivity contribution is 0.703. The van der Waals surface area contributed by atoms with Crippen LogP contribution in [0.15, 0.2) is 18.3 Å². The van der Waals surface area contributed by atoms with Gasteiger partial charge < -0.3 is 0 Å².